The Bertz CT molecular complexity index is 1150. The number of carbonyl (C=O) groups is 1. The molecule has 2 atom stereocenters. The highest BCUT2D eigenvalue weighted by atomic mass is 16.6. The standard InChI is InChI=1S/C27H29N3O2/c1-19-14-20(2)30(28-19)26-13-6-10-22(15-26)23-16-24-11-7-12-25(17-23)29(24)27(31)32-18-21-8-4-3-5-9-21/h3-6,8-10,13-16,24-25H,7,11-12,17-18H2,1-2H3. The lowest BCUT2D eigenvalue weighted by Crippen LogP contribution is -2.51. The van der Waals surface area contributed by atoms with Gasteiger partial charge >= 0.3 is 6.09 Å². The third-order valence-electron chi connectivity index (χ3n) is 6.52. The molecule has 2 bridgehead atoms. The second-order valence-corrected chi connectivity index (χ2v) is 8.88. The maximum Gasteiger partial charge on any atom is 0.410 e. The van der Waals surface area contributed by atoms with Gasteiger partial charge in [0.2, 0.25) is 0 Å². The van der Waals surface area contributed by atoms with Crippen molar-refractivity contribution >= 4 is 11.7 Å². The first kappa shape index (κ1) is 20.6. The number of fused-ring (bicyclic) bond motifs is 2. The van der Waals surface area contributed by atoms with Gasteiger partial charge in [0.25, 0.3) is 0 Å². The number of rotatable bonds is 4. The molecule has 0 radical (unpaired) electrons. The normalized spacial score (nSPS) is 20.1. The zero-order chi connectivity index (χ0) is 22.1. The Kier molecular flexibility index (Phi) is 5.56. The monoisotopic (exact) mass is 427 g/mol. The molecule has 2 aromatic carbocycles. The average molecular weight is 428 g/mol. The van der Waals surface area contributed by atoms with E-state index in [1.165, 1.54) is 11.1 Å². The van der Waals surface area contributed by atoms with E-state index < -0.39 is 0 Å². The highest BCUT2D eigenvalue weighted by Gasteiger charge is 2.38. The number of aryl methyl sites for hydroxylation is 2. The predicted octanol–water partition coefficient (Wildman–Crippen LogP) is 5.84. The van der Waals surface area contributed by atoms with Gasteiger partial charge in [0, 0.05) is 11.7 Å². The van der Waals surface area contributed by atoms with Gasteiger partial charge in [-0.2, -0.15) is 5.10 Å². The van der Waals surface area contributed by atoms with E-state index in [9.17, 15) is 4.79 Å². The van der Waals surface area contributed by atoms with Crippen LogP contribution in [0.1, 0.15) is 48.2 Å². The summed E-state index contributed by atoms with van der Waals surface area (Å²) < 4.78 is 7.68. The molecule has 3 heterocycles. The first-order valence-electron chi connectivity index (χ1n) is 11.4. The number of ether oxygens (including phenoxy) is 1. The Morgan fingerprint density at radius 3 is 2.66 bits per heavy atom. The lowest BCUT2D eigenvalue weighted by molar-refractivity contribution is 0.0510. The molecule has 0 spiro atoms. The summed E-state index contributed by atoms with van der Waals surface area (Å²) in [7, 11) is 0. The molecule has 2 aliphatic rings. The van der Waals surface area contributed by atoms with E-state index in [2.05, 4.69) is 48.4 Å². The number of hydrogen-bond acceptors (Lipinski definition) is 3. The van der Waals surface area contributed by atoms with Crippen molar-refractivity contribution in [3.8, 4) is 5.69 Å². The minimum Gasteiger partial charge on any atom is -0.445 e. The second-order valence-electron chi connectivity index (χ2n) is 8.88. The molecule has 0 saturated carbocycles. The first-order valence-corrected chi connectivity index (χ1v) is 11.4. The van der Waals surface area contributed by atoms with Crippen LogP contribution in [-0.2, 0) is 11.3 Å². The molecule has 164 valence electrons. The Balaban J connectivity index is 1.36. The van der Waals surface area contributed by atoms with Crippen molar-refractivity contribution in [2.75, 3.05) is 0 Å². The van der Waals surface area contributed by atoms with Crippen molar-refractivity contribution in [3.63, 3.8) is 0 Å². The fourth-order valence-electron chi connectivity index (χ4n) is 5.05. The van der Waals surface area contributed by atoms with E-state index in [0.717, 1.165) is 48.3 Å². The Morgan fingerprint density at radius 1 is 1.06 bits per heavy atom. The van der Waals surface area contributed by atoms with Crippen LogP contribution in [0, 0.1) is 13.8 Å². The molecule has 2 aliphatic heterocycles. The molecular weight excluding hydrogens is 398 g/mol. The number of carbonyl (C=O) groups excluding carboxylic acids is 1. The van der Waals surface area contributed by atoms with Gasteiger partial charge in [-0.05, 0) is 74.4 Å². The summed E-state index contributed by atoms with van der Waals surface area (Å²) in [5.74, 6) is 0. The van der Waals surface area contributed by atoms with E-state index in [1.54, 1.807) is 0 Å². The van der Waals surface area contributed by atoms with Gasteiger partial charge in [-0.1, -0.05) is 48.5 Å². The highest BCUT2D eigenvalue weighted by molar-refractivity contribution is 5.75. The minimum atomic E-state index is -0.199. The van der Waals surface area contributed by atoms with Crippen molar-refractivity contribution in [1.82, 2.24) is 14.7 Å². The maximum atomic E-state index is 13.0. The Hall–Kier alpha value is -3.34. The number of aromatic nitrogens is 2. The first-order chi connectivity index (χ1) is 15.6. The summed E-state index contributed by atoms with van der Waals surface area (Å²) >= 11 is 0. The van der Waals surface area contributed by atoms with Crippen LogP contribution in [0.15, 0.2) is 66.7 Å². The topological polar surface area (TPSA) is 47.4 Å². The lowest BCUT2D eigenvalue weighted by Gasteiger charge is -2.44. The molecule has 5 rings (SSSR count). The molecule has 3 aromatic rings. The van der Waals surface area contributed by atoms with Gasteiger partial charge in [-0.15, -0.1) is 0 Å². The smallest absolute Gasteiger partial charge is 0.410 e. The van der Waals surface area contributed by atoms with Crippen LogP contribution in [0.4, 0.5) is 4.79 Å². The fraction of sp³-hybridized carbons (Fsp3) is 0.333. The zero-order valence-electron chi connectivity index (χ0n) is 18.7. The summed E-state index contributed by atoms with van der Waals surface area (Å²) in [6, 6.07) is 20.8. The maximum absolute atomic E-state index is 13.0. The van der Waals surface area contributed by atoms with E-state index in [4.69, 9.17) is 4.74 Å². The molecule has 32 heavy (non-hydrogen) atoms. The summed E-state index contributed by atoms with van der Waals surface area (Å²) in [6.07, 6.45) is 6.09. The van der Waals surface area contributed by atoms with E-state index >= 15 is 0 Å². The van der Waals surface area contributed by atoms with Crippen molar-refractivity contribution in [2.45, 2.75) is 58.2 Å². The number of hydrogen-bond donors (Lipinski definition) is 0. The zero-order valence-corrected chi connectivity index (χ0v) is 18.7. The summed E-state index contributed by atoms with van der Waals surface area (Å²) in [5.41, 5.74) is 6.76. The van der Waals surface area contributed by atoms with Gasteiger partial charge < -0.3 is 4.74 Å². The average Bonchev–Trinajstić information content (AvgIpc) is 3.15. The molecular formula is C27H29N3O2. The number of nitrogens with zero attached hydrogens (tertiary/aromatic N) is 3. The molecule has 0 aliphatic carbocycles. The van der Waals surface area contributed by atoms with Crippen LogP contribution < -0.4 is 0 Å². The number of amides is 1. The van der Waals surface area contributed by atoms with Crippen molar-refractivity contribution < 1.29 is 9.53 Å². The largest absolute Gasteiger partial charge is 0.445 e. The van der Waals surface area contributed by atoms with E-state index in [-0.39, 0.29) is 18.2 Å². The third-order valence-corrected chi connectivity index (χ3v) is 6.52. The van der Waals surface area contributed by atoms with Gasteiger partial charge in [0.05, 0.1) is 17.4 Å². The van der Waals surface area contributed by atoms with Gasteiger partial charge in [-0.3, -0.25) is 4.90 Å². The quantitative estimate of drug-likeness (QED) is 0.526. The molecule has 1 saturated heterocycles. The summed E-state index contributed by atoms with van der Waals surface area (Å²) in [6.45, 7) is 4.41. The number of benzene rings is 2. The molecule has 5 nitrogen and oxygen atoms in total. The number of piperidine rings is 1. The highest BCUT2D eigenvalue weighted by Crippen LogP contribution is 2.38. The predicted molar refractivity (Wildman–Crippen MR) is 126 cm³/mol. The molecule has 1 fully saturated rings. The van der Waals surface area contributed by atoms with Crippen LogP contribution in [0.2, 0.25) is 0 Å². The summed E-state index contributed by atoms with van der Waals surface area (Å²) in [5, 5.41) is 4.63. The van der Waals surface area contributed by atoms with Crippen molar-refractivity contribution in [3.05, 3.63) is 89.3 Å². The Morgan fingerprint density at radius 2 is 1.91 bits per heavy atom. The SMILES string of the molecule is Cc1cc(C)n(-c2cccc(C3=CC4CCCC(C3)N4C(=O)OCc3ccccc3)c2)n1. The van der Waals surface area contributed by atoms with Crippen molar-refractivity contribution in [2.24, 2.45) is 0 Å². The van der Waals surface area contributed by atoms with Gasteiger partial charge in [0.1, 0.15) is 6.61 Å². The summed E-state index contributed by atoms with van der Waals surface area (Å²) in [4.78, 5) is 14.9. The van der Waals surface area contributed by atoms with Crippen molar-refractivity contribution in [1.29, 1.82) is 0 Å². The molecule has 2 unspecified atom stereocenters. The van der Waals surface area contributed by atoms with Crippen LogP contribution >= 0.6 is 0 Å². The third kappa shape index (κ3) is 4.07. The minimum absolute atomic E-state index is 0.0955. The fourth-order valence-corrected chi connectivity index (χ4v) is 5.05. The molecule has 1 amide bonds. The van der Waals surface area contributed by atoms with Crippen LogP contribution in [0.3, 0.4) is 0 Å². The second kappa shape index (κ2) is 8.65. The molecule has 0 N–H and O–H groups in total. The lowest BCUT2D eigenvalue weighted by atomic mass is 9.83. The van der Waals surface area contributed by atoms with Gasteiger partial charge in [-0.25, -0.2) is 9.48 Å². The van der Waals surface area contributed by atoms with Gasteiger partial charge in [0.15, 0.2) is 0 Å². The van der Waals surface area contributed by atoms with E-state index in [0.29, 0.717) is 6.61 Å². The molecule has 5 heteroatoms. The van der Waals surface area contributed by atoms with Crippen LogP contribution in [-0.4, -0.2) is 32.9 Å². The molecule has 1 aromatic heterocycles. The Labute approximate surface area is 189 Å². The van der Waals surface area contributed by atoms with E-state index in [1.807, 2.05) is 46.8 Å². The van der Waals surface area contributed by atoms with Crippen LogP contribution in [0.5, 0.6) is 0 Å². The van der Waals surface area contributed by atoms with Crippen LogP contribution in [0.25, 0.3) is 11.3 Å².